The number of rotatable bonds is 8. The summed E-state index contributed by atoms with van der Waals surface area (Å²) in [5.74, 6) is -0.249. The summed E-state index contributed by atoms with van der Waals surface area (Å²) in [6, 6.07) is 13.9. The van der Waals surface area contributed by atoms with Crippen molar-refractivity contribution in [2.75, 3.05) is 49.5 Å². The number of nitrogens with zero attached hydrogens (tertiary/aromatic N) is 2. The molecule has 182 valence electrons. The predicted octanol–water partition coefficient (Wildman–Crippen LogP) is 1.96. The van der Waals surface area contributed by atoms with Crippen LogP contribution in [0.1, 0.15) is 35.3 Å². The molecule has 0 spiro atoms. The van der Waals surface area contributed by atoms with Gasteiger partial charge in [-0.1, -0.05) is 18.2 Å². The second-order valence-electron chi connectivity index (χ2n) is 8.15. The first-order chi connectivity index (χ1) is 16.4. The van der Waals surface area contributed by atoms with Gasteiger partial charge in [-0.15, -0.1) is 0 Å². The van der Waals surface area contributed by atoms with Gasteiger partial charge in [-0.3, -0.25) is 14.5 Å². The van der Waals surface area contributed by atoms with E-state index in [9.17, 15) is 18.0 Å². The number of amides is 2. The van der Waals surface area contributed by atoms with Crippen molar-refractivity contribution in [1.82, 2.24) is 10.2 Å². The van der Waals surface area contributed by atoms with Crippen molar-refractivity contribution < 1.29 is 27.5 Å². The third-order valence-corrected chi connectivity index (χ3v) is 7.63. The van der Waals surface area contributed by atoms with Gasteiger partial charge in [0.2, 0.25) is 15.9 Å². The molecule has 1 unspecified atom stereocenters. The van der Waals surface area contributed by atoms with Crippen LogP contribution in [0.25, 0.3) is 0 Å². The SMILES string of the molecule is CCOc1ccc(C(CNC(=O)c2cccc(N3C(=O)CCS3(=O)=O)c2)N2CCOCC2)cc1. The molecule has 2 aliphatic rings. The fraction of sp³-hybridized carbons (Fsp3) is 0.417. The topological polar surface area (TPSA) is 105 Å². The molecular formula is C24H29N3O6S. The summed E-state index contributed by atoms with van der Waals surface area (Å²) < 4.78 is 36.3. The molecule has 4 rings (SSSR count). The zero-order valence-electron chi connectivity index (χ0n) is 19.1. The van der Waals surface area contributed by atoms with Gasteiger partial charge in [-0.2, -0.15) is 0 Å². The van der Waals surface area contributed by atoms with Crippen molar-refractivity contribution in [2.24, 2.45) is 0 Å². The number of benzene rings is 2. The molecule has 1 atom stereocenters. The Bertz CT molecular complexity index is 1130. The molecular weight excluding hydrogens is 458 g/mol. The fourth-order valence-corrected chi connectivity index (χ4v) is 5.68. The van der Waals surface area contributed by atoms with Gasteiger partial charge in [0.15, 0.2) is 0 Å². The molecule has 2 amide bonds. The van der Waals surface area contributed by atoms with Crippen LogP contribution in [0.4, 0.5) is 5.69 Å². The van der Waals surface area contributed by atoms with Crippen LogP contribution in [0.15, 0.2) is 48.5 Å². The van der Waals surface area contributed by atoms with E-state index < -0.39 is 15.9 Å². The molecule has 2 aliphatic heterocycles. The zero-order chi connectivity index (χ0) is 24.1. The maximum atomic E-state index is 13.0. The van der Waals surface area contributed by atoms with Crippen LogP contribution in [0, 0.1) is 0 Å². The van der Waals surface area contributed by atoms with E-state index in [1.54, 1.807) is 12.1 Å². The summed E-state index contributed by atoms with van der Waals surface area (Å²) in [4.78, 5) is 27.4. The van der Waals surface area contributed by atoms with Crippen molar-refractivity contribution in [3.05, 3.63) is 59.7 Å². The fourth-order valence-electron chi connectivity index (χ4n) is 4.23. The average Bonchev–Trinajstić information content (AvgIpc) is 3.13. The average molecular weight is 488 g/mol. The van der Waals surface area contributed by atoms with Crippen LogP contribution in [-0.2, 0) is 19.6 Å². The molecule has 34 heavy (non-hydrogen) atoms. The summed E-state index contributed by atoms with van der Waals surface area (Å²) in [6.07, 6.45) is -0.0535. The maximum absolute atomic E-state index is 13.0. The van der Waals surface area contributed by atoms with Gasteiger partial charge in [-0.05, 0) is 42.8 Å². The Kier molecular flexibility index (Phi) is 7.50. The van der Waals surface area contributed by atoms with Gasteiger partial charge in [-0.25, -0.2) is 12.7 Å². The van der Waals surface area contributed by atoms with E-state index in [-0.39, 0.29) is 29.8 Å². The quantitative estimate of drug-likeness (QED) is 0.607. The minimum Gasteiger partial charge on any atom is -0.494 e. The predicted molar refractivity (Wildman–Crippen MR) is 127 cm³/mol. The Morgan fingerprint density at radius 3 is 2.53 bits per heavy atom. The van der Waals surface area contributed by atoms with E-state index in [0.29, 0.717) is 31.9 Å². The number of carbonyl (C=O) groups excluding carboxylic acids is 2. The lowest BCUT2D eigenvalue weighted by Gasteiger charge is -2.35. The molecule has 2 aromatic carbocycles. The van der Waals surface area contributed by atoms with Crippen LogP contribution >= 0.6 is 0 Å². The van der Waals surface area contributed by atoms with Crippen LogP contribution in [-0.4, -0.2) is 70.3 Å². The lowest BCUT2D eigenvalue weighted by Crippen LogP contribution is -2.43. The van der Waals surface area contributed by atoms with Gasteiger partial charge >= 0.3 is 0 Å². The van der Waals surface area contributed by atoms with Crippen molar-refractivity contribution >= 4 is 27.5 Å². The Morgan fingerprint density at radius 2 is 1.88 bits per heavy atom. The smallest absolute Gasteiger partial charge is 0.251 e. The van der Waals surface area contributed by atoms with Gasteiger partial charge in [0, 0.05) is 31.6 Å². The largest absolute Gasteiger partial charge is 0.494 e. The first-order valence-electron chi connectivity index (χ1n) is 11.4. The number of ether oxygens (including phenoxy) is 2. The summed E-state index contributed by atoms with van der Waals surface area (Å²) in [7, 11) is -3.69. The Hall–Kier alpha value is -2.95. The highest BCUT2D eigenvalue weighted by atomic mass is 32.2. The number of anilines is 1. The van der Waals surface area contributed by atoms with E-state index in [2.05, 4.69) is 10.2 Å². The lowest BCUT2D eigenvalue weighted by atomic mass is 10.0. The monoisotopic (exact) mass is 487 g/mol. The molecule has 2 heterocycles. The minimum absolute atomic E-state index is 0.0535. The van der Waals surface area contributed by atoms with Crippen molar-refractivity contribution in [2.45, 2.75) is 19.4 Å². The minimum atomic E-state index is -3.69. The van der Waals surface area contributed by atoms with Gasteiger partial charge in [0.25, 0.3) is 5.91 Å². The molecule has 2 fully saturated rings. The second-order valence-corrected chi connectivity index (χ2v) is 10.1. The molecule has 0 bridgehead atoms. The Morgan fingerprint density at radius 1 is 1.15 bits per heavy atom. The molecule has 0 aromatic heterocycles. The number of carbonyl (C=O) groups is 2. The van der Waals surface area contributed by atoms with E-state index in [4.69, 9.17) is 9.47 Å². The molecule has 9 nitrogen and oxygen atoms in total. The summed E-state index contributed by atoms with van der Waals surface area (Å²) in [6.45, 7) is 5.63. The van der Waals surface area contributed by atoms with Crippen molar-refractivity contribution in [3.8, 4) is 5.75 Å². The summed E-state index contributed by atoms with van der Waals surface area (Å²) in [5.41, 5.74) is 1.53. The van der Waals surface area contributed by atoms with Gasteiger partial charge in [0.05, 0.1) is 37.3 Å². The third kappa shape index (κ3) is 5.40. The number of morpholine rings is 1. The standard InChI is InChI=1S/C24H29N3O6S/c1-2-33-21-8-6-18(7-9-21)22(26-11-13-32-14-12-26)17-25-24(29)19-4-3-5-20(16-19)27-23(28)10-15-34(27,30)31/h3-9,16,22H,2,10-15,17H2,1H3,(H,25,29). The van der Waals surface area contributed by atoms with Crippen molar-refractivity contribution in [1.29, 1.82) is 0 Å². The normalized spacial score (nSPS) is 19.1. The Balaban J connectivity index is 1.50. The Labute approximate surface area is 199 Å². The molecule has 2 aromatic rings. The third-order valence-electron chi connectivity index (χ3n) is 5.94. The van der Waals surface area contributed by atoms with E-state index in [1.165, 1.54) is 12.1 Å². The number of nitrogens with one attached hydrogen (secondary N) is 1. The molecule has 1 N–H and O–H groups in total. The van der Waals surface area contributed by atoms with Crippen molar-refractivity contribution in [3.63, 3.8) is 0 Å². The van der Waals surface area contributed by atoms with Gasteiger partial charge in [0.1, 0.15) is 5.75 Å². The molecule has 10 heteroatoms. The highest BCUT2D eigenvalue weighted by molar-refractivity contribution is 7.94. The lowest BCUT2D eigenvalue weighted by molar-refractivity contribution is -0.116. The summed E-state index contributed by atoms with van der Waals surface area (Å²) in [5, 5.41) is 2.98. The highest BCUT2D eigenvalue weighted by Gasteiger charge is 2.36. The molecule has 0 saturated carbocycles. The van der Waals surface area contributed by atoms with Crippen LogP contribution in [0.5, 0.6) is 5.75 Å². The van der Waals surface area contributed by atoms with Crippen LogP contribution < -0.4 is 14.4 Å². The zero-order valence-corrected chi connectivity index (χ0v) is 19.9. The summed E-state index contributed by atoms with van der Waals surface area (Å²) >= 11 is 0. The first-order valence-corrected chi connectivity index (χ1v) is 13.0. The van der Waals surface area contributed by atoms with Gasteiger partial charge < -0.3 is 14.8 Å². The highest BCUT2D eigenvalue weighted by Crippen LogP contribution is 2.27. The number of sulfonamides is 1. The van der Waals surface area contributed by atoms with E-state index in [0.717, 1.165) is 28.7 Å². The van der Waals surface area contributed by atoms with Crippen LogP contribution in [0.2, 0.25) is 0 Å². The molecule has 2 saturated heterocycles. The molecule has 0 aliphatic carbocycles. The maximum Gasteiger partial charge on any atom is 0.251 e. The van der Waals surface area contributed by atoms with Crippen LogP contribution in [0.3, 0.4) is 0 Å². The van der Waals surface area contributed by atoms with E-state index in [1.807, 2.05) is 31.2 Å². The second kappa shape index (κ2) is 10.5. The first kappa shape index (κ1) is 24.2. The number of hydrogen-bond acceptors (Lipinski definition) is 7. The number of hydrogen-bond donors (Lipinski definition) is 1. The molecule has 0 radical (unpaired) electrons. The van der Waals surface area contributed by atoms with E-state index >= 15 is 0 Å².